The van der Waals surface area contributed by atoms with Crippen LogP contribution in [-0.2, 0) is 19.1 Å². The maximum atomic E-state index is 13.0. The smallest absolute Gasteiger partial charge is 0.333 e. The van der Waals surface area contributed by atoms with E-state index in [0.717, 1.165) is 31.3 Å². The first-order chi connectivity index (χ1) is 9.95. The van der Waals surface area contributed by atoms with Gasteiger partial charge in [0.1, 0.15) is 5.82 Å². The monoisotopic (exact) mass is 295 g/mol. The molecule has 0 radical (unpaired) electrons. The molecule has 1 aliphatic heterocycles. The highest BCUT2D eigenvalue weighted by Gasteiger charge is 2.33. The number of nitrogens with two attached hydrogens (primary N) is 1. The summed E-state index contributed by atoms with van der Waals surface area (Å²) in [6.07, 6.45) is -0.505. The largest absolute Gasteiger partial charge is 0.416 e. The van der Waals surface area contributed by atoms with Crippen molar-refractivity contribution in [3.8, 4) is 0 Å². The van der Waals surface area contributed by atoms with E-state index in [-0.39, 0.29) is 18.0 Å². The molecule has 0 saturated heterocycles. The van der Waals surface area contributed by atoms with E-state index in [1.807, 2.05) is 10.8 Å². The van der Waals surface area contributed by atoms with Gasteiger partial charge in [-0.2, -0.15) is 13.2 Å². The van der Waals surface area contributed by atoms with Gasteiger partial charge in [0, 0.05) is 19.2 Å². The molecule has 112 valence electrons. The first-order valence-corrected chi connectivity index (χ1v) is 6.92. The molecule has 0 fully saturated rings. The third kappa shape index (κ3) is 2.81. The van der Waals surface area contributed by atoms with Gasteiger partial charge in [0.05, 0.1) is 17.3 Å². The van der Waals surface area contributed by atoms with Crippen molar-refractivity contribution in [2.24, 2.45) is 5.73 Å². The Labute approximate surface area is 120 Å². The molecule has 3 nitrogen and oxygen atoms in total. The predicted molar refractivity (Wildman–Crippen MR) is 72.6 cm³/mol. The Balaban J connectivity index is 1.91. The van der Waals surface area contributed by atoms with E-state index in [0.29, 0.717) is 5.69 Å². The van der Waals surface area contributed by atoms with E-state index in [9.17, 15) is 13.2 Å². The van der Waals surface area contributed by atoms with Crippen molar-refractivity contribution in [3.63, 3.8) is 0 Å². The number of aryl methyl sites for hydroxylation is 1. The average Bonchev–Trinajstić information content (AvgIpc) is 2.82. The molecule has 21 heavy (non-hydrogen) atoms. The quantitative estimate of drug-likeness (QED) is 0.924. The summed E-state index contributed by atoms with van der Waals surface area (Å²) in [6, 6.07) is 5.51. The maximum absolute atomic E-state index is 13.0. The second kappa shape index (κ2) is 5.18. The number of imidazole rings is 1. The van der Waals surface area contributed by atoms with Crippen molar-refractivity contribution >= 4 is 0 Å². The summed E-state index contributed by atoms with van der Waals surface area (Å²) >= 11 is 0. The Morgan fingerprint density at radius 2 is 2.05 bits per heavy atom. The molecule has 1 aliphatic rings. The van der Waals surface area contributed by atoms with Gasteiger partial charge in [0.2, 0.25) is 0 Å². The van der Waals surface area contributed by atoms with Gasteiger partial charge in [-0.1, -0.05) is 18.2 Å². The van der Waals surface area contributed by atoms with Crippen LogP contribution in [0.1, 0.15) is 41.5 Å². The molecule has 0 amide bonds. The Hall–Kier alpha value is -1.82. The fourth-order valence-corrected chi connectivity index (χ4v) is 2.80. The van der Waals surface area contributed by atoms with Crippen LogP contribution in [0, 0.1) is 0 Å². The number of rotatable bonds is 2. The Bertz CT molecular complexity index is 646. The van der Waals surface area contributed by atoms with Gasteiger partial charge < -0.3 is 10.3 Å². The molecule has 6 heteroatoms. The van der Waals surface area contributed by atoms with Crippen LogP contribution in [-0.4, -0.2) is 9.55 Å². The zero-order chi connectivity index (χ0) is 15.0. The fraction of sp³-hybridized carbons (Fsp3) is 0.400. The van der Waals surface area contributed by atoms with Gasteiger partial charge in [-0.05, 0) is 24.5 Å². The predicted octanol–water partition coefficient (Wildman–Crippen LogP) is 3.29. The van der Waals surface area contributed by atoms with E-state index in [1.54, 1.807) is 6.07 Å². The fourth-order valence-electron chi connectivity index (χ4n) is 2.80. The van der Waals surface area contributed by atoms with Crippen molar-refractivity contribution in [2.45, 2.75) is 38.0 Å². The van der Waals surface area contributed by atoms with Crippen molar-refractivity contribution < 1.29 is 13.2 Å². The zero-order valence-electron chi connectivity index (χ0n) is 11.4. The Morgan fingerprint density at radius 3 is 2.76 bits per heavy atom. The summed E-state index contributed by atoms with van der Waals surface area (Å²) in [4.78, 5) is 4.42. The third-order valence-corrected chi connectivity index (χ3v) is 3.80. The van der Waals surface area contributed by atoms with Crippen molar-refractivity contribution in [2.75, 3.05) is 0 Å². The number of halogens is 3. The molecular formula is C15H16F3N3. The average molecular weight is 295 g/mol. The SMILES string of the molecule is NC1CCCn2cc(Cc3ccccc3C(F)(F)F)nc21. The number of benzene rings is 1. The number of hydrogen-bond acceptors (Lipinski definition) is 2. The maximum Gasteiger partial charge on any atom is 0.416 e. The van der Waals surface area contributed by atoms with Crippen molar-refractivity contribution in [1.29, 1.82) is 0 Å². The first kappa shape index (κ1) is 14.1. The van der Waals surface area contributed by atoms with E-state index in [2.05, 4.69) is 4.98 Å². The summed E-state index contributed by atoms with van der Waals surface area (Å²) in [5, 5.41) is 0. The summed E-state index contributed by atoms with van der Waals surface area (Å²) < 4.78 is 40.9. The normalized spacial score (nSPS) is 18.6. The molecule has 0 spiro atoms. The lowest BCUT2D eigenvalue weighted by Crippen LogP contribution is -2.21. The highest BCUT2D eigenvalue weighted by Crippen LogP contribution is 2.33. The standard InChI is InChI=1S/C15H16F3N3/c16-15(17,18)12-5-2-1-4-10(12)8-11-9-21-7-3-6-13(19)14(21)20-11/h1-2,4-5,9,13H,3,6-8,19H2. The number of nitrogens with zero attached hydrogens (tertiary/aromatic N) is 2. The number of aromatic nitrogens is 2. The second-order valence-corrected chi connectivity index (χ2v) is 5.36. The second-order valence-electron chi connectivity index (χ2n) is 5.36. The minimum absolute atomic E-state index is 0.120. The molecule has 1 aromatic heterocycles. The van der Waals surface area contributed by atoms with Crippen LogP contribution in [0.15, 0.2) is 30.5 Å². The lowest BCUT2D eigenvalue weighted by Gasteiger charge is -2.19. The van der Waals surface area contributed by atoms with Gasteiger partial charge in [-0.15, -0.1) is 0 Å². The topological polar surface area (TPSA) is 43.8 Å². The number of hydrogen-bond donors (Lipinski definition) is 1. The molecule has 2 aromatic rings. The number of fused-ring (bicyclic) bond motifs is 1. The molecule has 1 unspecified atom stereocenters. The first-order valence-electron chi connectivity index (χ1n) is 6.92. The molecule has 1 atom stereocenters. The van der Waals surface area contributed by atoms with E-state index < -0.39 is 11.7 Å². The summed E-state index contributed by atoms with van der Waals surface area (Å²) in [7, 11) is 0. The van der Waals surface area contributed by atoms with Crippen molar-refractivity contribution in [3.05, 3.63) is 53.1 Å². The molecule has 0 bridgehead atoms. The number of alkyl halides is 3. The third-order valence-electron chi connectivity index (χ3n) is 3.80. The minimum Gasteiger partial charge on any atom is -0.333 e. The zero-order valence-corrected chi connectivity index (χ0v) is 11.4. The minimum atomic E-state index is -4.34. The van der Waals surface area contributed by atoms with E-state index in [4.69, 9.17) is 5.73 Å². The van der Waals surface area contributed by atoms with E-state index >= 15 is 0 Å². The molecular weight excluding hydrogens is 279 g/mol. The molecule has 1 aromatic carbocycles. The molecule has 3 rings (SSSR count). The van der Waals surface area contributed by atoms with Crippen molar-refractivity contribution in [1.82, 2.24) is 9.55 Å². The summed E-state index contributed by atoms with van der Waals surface area (Å²) in [6.45, 7) is 0.830. The highest BCUT2D eigenvalue weighted by atomic mass is 19.4. The van der Waals surface area contributed by atoms with E-state index in [1.165, 1.54) is 12.1 Å². The highest BCUT2D eigenvalue weighted by molar-refractivity contribution is 5.33. The summed E-state index contributed by atoms with van der Waals surface area (Å²) in [5.74, 6) is 0.778. The lowest BCUT2D eigenvalue weighted by molar-refractivity contribution is -0.138. The molecule has 2 N–H and O–H groups in total. The summed E-state index contributed by atoms with van der Waals surface area (Å²) in [5.41, 5.74) is 6.27. The molecule has 0 saturated carbocycles. The van der Waals surface area contributed by atoms with Gasteiger partial charge in [0.15, 0.2) is 0 Å². The van der Waals surface area contributed by atoms with Crippen LogP contribution in [0.5, 0.6) is 0 Å². The molecule has 0 aliphatic carbocycles. The van der Waals surface area contributed by atoms with Crippen LogP contribution >= 0.6 is 0 Å². The van der Waals surface area contributed by atoms with Gasteiger partial charge in [0.25, 0.3) is 0 Å². The van der Waals surface area contributed by atoms with Crippen LogP contribution in [0.2, 0.25) is 0 Å². The lowest BCUT2D eigenvalue weighted by atomic mass is 10.0. The van der Waals surface area contributed by atoms with Crippen LogP contribution in [0.3, 0.4) is 0 Å². The van der Waals surface area contributed by atoms with Gasteiger partial charge >= 0.3 is 6.18 Å². The van der Waals surface area contributed by atoms with Crippen LogP contribution in [0.25, 0.3) is 0 Å². The Kier molecular flexibility index (Phi) is 3.49. The van der Waals surface area contributed by atoms with Gasteiger partial charge in [-0.3, -0.25) is 0 Å². The molecule has 2 heterocycles. The van der Waals surface area contributed by atoms with Gasteiger partial charge in [-0.25, -0.2) is 4.98 Å². The van der Waals surface area contributed by atoms with Crippen LogP contribution in [0.4, 0.5) is 13.2 Å². The Morgan fingerprint density at radius 1 is 1.29 bits per heavy atom. The van der Waals surface area contributed by atoms with Crippen LogP contribution < -0.4 is 5.73 Å².